The van der Waals surface area contributed by atoms with Gasteiger partial charge in [-0.2, -0.15) is 0 Å². The molecule has 4 rings (SSSR count). The van der Waals surface area contributed by atoms with Gasteiger partial charge in [0.25, 0.3) is 0 Å². The van der Waals surface area contributed by atoms with Gasteiger partial charge in [0.05, 0.1) is 5.92 Å². The van der Waals surface area contributed by atoms with Crippen molar-refractivity contribution in [2.75, 3.05) is 32.7 Å². The van der Waals surface area contributed by atoms with Crippen molar-refractivity contribution in [2.24, 2.45) is 17.8 Å². The minimum Gasteiger partial charge on any atom is -0.342 e. The van der Waals surface area contributed by atoms with E-state index in [0.717, 1.165) is 31.7 Å². The van der Waals surface area contributed by atoms with Crippen LogP contribution in [0.15, 0.2) is 24.3 Å². The minimum atomic E-state index is -0.158. The average molecular weight is 364 g/mol. The molecule has 3 atom stereocenters. The van der Waals surface area contributed by atoms with Crippen molar-refractivity contribution < 1.29 is 9.59 Å². The Labute approximate surface area is 155 Å². The van der Waals surface area contributed by atoms with Crippen LogP contribution in [-0.2, 0) is 16.1 Å². The van der Waals surface area contributed by atoms with E-state index in [1.54, 1.807) is 0 Å². The number of nitrogens with one attached hydrogen (secondary N) is 1. The van der Waals surface area contributed by atoms with E-state index in [9.17, 15) is 9.59 Å². The first-order valence-corrected chi connectivity index (χ1v) is 8.93. The topological polar surface area (TPSA) is 52.7 Å². The van der Waals surface area contributed by atoms with Gasteiger partial charge in [0.1, 0.15) is 0 Å². The van der Waals surface area contributed by atoms with Crippen LogP contribution in [0.25, 0.3) is 0 Å². The van der Waals surface area contributed by atoms with Crippen LogP contribution < -0.4 is 5.32 Å². The van der Waals surface area contributed by atoms with Gasteiger partial charge in [0, 0.05) is 45.7 Å². The van der Waals surface area contributed by atoms with E-state index in [4.69, 9.17) is 0 Å². The molecule has 25 heavy (non-hydrogen) atoms. The fourth-order valence-corrected chi connectivity index (χ4v) is 4.30. The minimum absolute atomic E-state index is 0. The number of fused-ring (bicyclic) bond motifs is 1. The molecule has 1 unspecified atom stereocenters. The zero-order chi connectivity index (χ0) is 16.7. The highest BCUT2D eigenvalue weighted by Crippen LogP contribution is 2.30. The lowest BCUT2D eigenvalue weighted by Gasteiger charge is -2.22. The summed E-state index contributed by atoms with van der Waals surface area (Å²) in [4.78, 5) is 29.0. The molecular formula is C19H26ClN3O2. The van der Waals surface area contributed by atoms with Crippen molar-refractivity contribution in [2.45, 2.75) is 19.9 Å². The second-order valence-electron chi connectivity index (χ2n) is 7.58. The van der Waals surface area contributed by atoms with E-state index in [-0.39, 0.29) is 30.1 Å². The maximum Gasteiger partial charge on any atom is 0.228 e. The number of carbonyl (C=O) groups excluding carboxylic acids is 2. The van der Waals surface area contributed by atoms with E-state index in [1.807, 2.05) is 9.80 Å². The van der Waals surface area contributed by atoms with Gasteiger partial charge >= 0.3 is 0 Å². The first-order chi connectivity index (χ1) is 11.6. The van der Waals surface area contributed by atoms with E-state index < -0.39 is 0 Å². The molecule has 0 bridgehead atoms. The summed E-state index contributed by atoms with van der Waals surface area (Å²) < 4.78 is 0. The number of nitrogens with zero attached hydrogens (tertiary/aromatic N) is 2. The second kappa shape index (κ2) is 7.34. The summed E-state index contributed by atoms with van der Waals surface area (Å²) in [5, 5.41) is 3.40. The Balaban J connectivity index is 0.00000182. The number of carbonyl (C=O) groups is 2. The summed E-state index contributed by atoms with van der Waals surface area (Å²) in [5.41, 5.74) is 2.34. The lowest BCUT2D eigenvalue weighted by molar-refractivity contribution is -0.135. The Morgan fingerprint density at radius 2 is 1.76 bits per heavy atom. The molecule has 0 aliphatic carbocycles. The van der Waals surface area contributed by atoms with Crippen LogP contribution in [0.2, 0.25) is 0 Å². The average Bonchev–Trinajstić information content (AvgIpc) is 3.24. The molecule has 0 saturated carbocycles. The number of hydrogen-bond donors (Lipinski definition) is 1. The molecule has 1 aromatic carbocycles. The van der Waals surface area contributed by atoms with Crippen molar-refractivity contribution in [1.82, 2.24) is 15.1 Å². The molecule has 0 radical (unpaired) electrons. The zero-order valence-electron chi connectivity index (χ0n) is 14.6. The number of benzene rings is 1. The fraction of sp³-hybridized carbons (Fsp3) is 0.579. The predicted molar refractivity (Wildman–Crippen MR) is 98.4 cm³/mol. The molecule has 5 nitrogen and oxygen atoms in total. The number of rotatable bonds is 3. The number of amides is 2. The van der Waals surface area contributed by atoms with Crippen LogP contribution in [0.4, 0.5) is 0 Å². The molecule has 3 aliphatic rings. The molecule has 6 heteroatoms. The maximum atomic E-state index is 12.8. The van der Waals surface area contributed by atoms with Gasteiger partial charge in [-0.3, -0.25) is 9.59 Å². The summed E-state index contributed by atoms with van der Waals surface area (Å²) in [5.74, 6) is 1.35. The van der Waals surface area contributed by atoms with E-state index in [2.05, 4.69) is 36.5 Å². The third kappa shape index (κ3) is 3.67. The highest BCUT2D eigenvalue weighted by Gasteiger charge is 2.42. The van der Waals surface area contributed by atoms with Crippen molar-refractivity contribution >= 4 is 24.2 Å². The van der Waals surface area contributed by atoms with Crippen molar-refractivity contribution in [3.8, 4) is 0 Å². The van der Waals surface area contributed by atoms with Crippen LogP contribution in [0.5, 0.6) is 0 Å². The van der Waals surface area contributed by atoms with Crippen LogP contribution in [0.1, 0.15) is 17.5 Å². The molecule has 1 N–H and O–H groups in total. The van der Waals surface area contributed by atoms with Gasteiger partial charge < -0.3 is 15.1 Å². The first-order valence-electron chi connectivity index (χ1n) is 8.93. The third-order valence-electron chi connectivity index (χ3n) is 5.76. The Bertz CT molecular complexity index is 637. The van der Waals surface area contributed by atoms with Gasteiger partial charge in [0.2, 0.25) is 11.8 Å². The summed E-state index contributed by atoms with van der Waals surface area (Å²) in [6, 6.07) is 8.25. The van der Waals surface area contributed by atoms with Crippen LogP contribution in [0, 0.1) is 24.7 Å². The summed E-state index contributed by atoms with van der Waals surface area (Å²) in [6.45, 7) is 7.00. The Morgan fingerprint density at radius 1 is 1.12 bits per heavy atom. The molecule has 136 valence electrons. The highest BCUT2D eigenvalue weighted by molar-refractivity contribution is 5.89. The van der Waals surface area contributed by atoms with Crippen LogP contribution in [0.3, 0.4) is 0 Å². The molecule has 3 aliphatic heterocycles. The second-order valence-corrected chi connectivity index (χ2v) is 7.58. The number of likely N-dealkylation sites (tertiary alicyclic amines) is 2. The van der Waals surface area contributed by atoms with Crippen molar-refractivity contribution in [3.05, 3.63) is 35.4 Å². The lowest BCUT2D eigenvalue weighted by Crippen LogP contribution is -2.37. The lowest BCUT2D eigenvalue weighted by atomic mass is 10.0. The summed E-state index contributed by atoms with van der Waals surface area (Å²) >= 11 is 0. The Kier molecular flexibility index (Phi) is 5.35. The Hall–Kier alpha value is -1.59. The van der Waals surface area contributed by atoms with Crippen LogP contribution >= 0.6 is 12.4 Å². The van der Waals surface area contributed by atoms with Gasteiger partial charge in [-0.15, -0.1) is 12.4 Å². The summed E-state index contributed by atoms with van der Waals surface area (Å²) in [6.07, 6.45) is 0.370. The maximum absolute atomic E-state index is 12.8. The third-order valence-corrected chi connectivity index (χ3v) is 5.76. The zero-order valence-corrected chi connectivity index (χ0v) is 15.4. The molecule has 3 heterocycles. The number of hydrogen-bond acceptors (Lipinski definition) is 3. The SMILES string of the molecule is Cc1ccc(CN2CC(C(=O)N3C[C@H]4CNC[C@H]4C3)CC2=O)cc1.Cl. The highest BCUT2D eigenvalue weighted by atomic mass is 35.5. The standard InChI is InChI=1S/C19H25N3O2.ClH/c1-13-2-4-14(5-3-13)9-21-10-15(6-18(21)23)19(24)22-11-16-7-20-8-17(16)12-22;/h2-5,15-17,20H,6-12H2,1H3;1H/t15?,16-,17+;. The van der Waals surface area contributed by atoms with E-state index >= 15 is 0 Å². The fourth-order valence-electron chi connectivity index (χ4n) is 4.30. The normalized spacial score (nSPS) is 28.2. The Morgan fingerprint density at radius 3 is 2.40 bits per heavy atom. The van der Waals surface area contributed by atoms with Gasteiger partial charge in [-0.1, -0.05) is 29.8 Å². The molecule has 1 aromatic rings. The number of aryl methyl sites for hydroxylation is 1. The molecule has 3 saturated heterocycles. The molecule has 3 fully saturated rings. The van der Waals surface area contributed by atoms with E-state index in [1.165, 1.54) is 5.56 Å². The van der Waals surface area contributed by atoms with Crippen molar-refractivity contribution in [1.29, 1.82) is 0 Å². The van der Waals surface area contributed by atoms with Gasteiger partial charge in [0.15, 0.2) is 0 Å². The van der Waals surface area contributed by atoms with E-state index in [0.29, 0.717) is 31.3 Å². The van der Waals surface area contributed by atoms with Gasteiger partial charge in [-0.05, 0) is 24.3 Å². The summed E-state index contributed by atoms with van der Waals surface area (Å²) in [7, 11) is 0. The largest absolute Gasteiger partial charge is 0.342 e. The quantitative estimate of drug-likeness (QED) is 0.884. The van der Waals surface area contributed by atoms with Crippen LogP contribution in [-0.4, -0.2) is 54.3 Å². The molecular weight excluding hydrogens is 338 g/mol. The first kappa shape index (κ1) is 18.2. The molecule has 0 spiro atoms. The monoisotopic (exact) mass is 363 g/mol. The number of halogens is 1. The molecule has 0 aromatic heterocycles. The smallest absolute Gasteiger partial charge is 0.228 e. The molecule has 2 amide bonds. The predicted octanol–water partition coefficient (Wildman–Crippen LogP) is 1.44. The van der Waals surface area contributed by atoms with Gasteiger partial charge in [-0.25, -0.2) is 0 Å². The van der Waals surface area contributed by atoms with Crippen molar-refractivity contribution in [3.63, 3.8) is 0 Å².